The number of hydrogen-bond donors (Lipinski definition) is 1. The average molecular weight is 201 g/mol. The Hall–Kier alpha value is 0.230. The van der Waals surface area contributed by atoms with E-state index in [-0.39, 0.29) is 6.10 Å². The summed E-state index contributed by atoms with van der Waals surface area (Å²) in [6.45, 7) is 4.06. The van der Waals surface area contributed by atoms with Gasteiger partial charge in [0.1, 0.15) is 0 Å². The molecule has 13 heavy (non-hydrogen) atoms. The van der Waals surface area contributed by atoms with Crippen LogP contribution in [0.25, 0.3) is 0 Å². The van der Waals surface area contributed by atoms with Crippen molar-refractivity contribution in [1.29, 1.82) is 0 Å². The van der Waals surface area contributed by atoms with Crippen LogP contribution in [-0.4, -0.2) is 59.5 Å². The van der Waals surface area contributed by atoms with Gasteiger partial charge in [-0.15, -0.1) is 0 Å². The monoisotopic (exact) mass is 201 g/mol. The molecule has 3 saturated heterocycles. The summed E-state index contributed by atoms with van der Waals surface area (Å²) in [5, 5.41) is 10.4. The predicted octanol–water partition coefficient (Wildman–Crippen LogP) is -0.207. The van der Waals surface area contributed by atoms with E-state index in [4.69, 9.17) is 4.74 Å². The van der Waals surface area contributed by atoms with Gasteiger partial charge in [-0.2, -0.15) is 11.8 Å². The van der Waals surface area contributed by atoms with Gasteiger partial charge in [-0.05, 0) is 0 Å². The topological polar surface area (TPSA) is 32.7 Å². The summed E-state index contributed by atoms with van der Waals surface area (Å²) in [6, 6.07) is 0.651. The highest BCUT2D eigenvalue weighted by Gasteiger charge is 2.45. The van der Waals surface area contributed by atoms with Crippen molar-refractivity contribution in [2.24, 2.45) is 5.92 Å². The predicted molar refractivity (Wildman–Crippen MR) is 51.9 cm³/mol. The van der Waals surface area contributed by atoms with E-state index in [1.807, 2.05) is 11.8 Å². The molecule has 3 fully saturated rings. The molecule has 0 aromatic rings. The second-order valence-electron chi connectivity index (χ2n) is 4.25. The van der Waals surface area contributed by atoms with E-state index in [0.29, 0.717) is 17.2 Å². The van der Waals surface area contributed by atoms with Crippen molar-refractivity contribution in [3.8, 4) is 0 Å². The second-order valence-corrected chi connectivity index (χ2v) is 5.52. The molecule has 3 heterocycles. The highest BCUT2D eigenvalue weighted by Crippen LogP contribution is 2.39. The summed E-state index contributed by atoms with van der Waals surface area (Å²) in [5.41, 5.74) is 0. The minimum atomic E-state index is -0.0546. The Morgan fingerprint density at radius 3 is 2.77 bits per heavy atom. The molecular weight excluding hydrogens is 186 g/mol. The quantitative estimate of drug-likeness (QED) is 0.636. The van der Waals surface area contributed by atoms with Crippen LogP contribution in [0, 0.1) is 5.92 Å². The highest BCUT2D eigenvalue weighted by molar-refractivity contribution is 8.00. The van der Waals surface area contributed by atoms with Crippen molar-refractivity contribution in [3.05, 3.63) is 0 Å². The zero-order valence-electron chi connectivity index (χ0n) is 7.56. The number of likely N-dealkylation sites (tertiary alicyclic amines) is 1. The van der Waals surface area contributed by atoms with Crippen LogP contribution in [0.2, 0.25) is 0 Å². The lowest BCUT2D eigenvalue weighted by atomic mass is 10.0. The smallest absolute Gasteiger partial charge is 0.0682 e. The maximum atomic E-state index is 9.71. The fraction of sp³-hybridized carbons (Fsp3) is 1.00. The fourth-order valence-electron chi connectivity index (χ4n) is 2.45. The first kappa shape index (κ1) is 8.53. The van der Waals surface area contributed by atoms with Crippen LogP contribution in [-0.2, 0) is 4.74 Å². The molecule has 0 aromatic heterocycles. The highest BCUT2D eigenvalue weighted by atomic mass is 32.2. The van der Waals surface area contributed by atoms with E-state index in [1.165, 1.54) is 6.54 Å². The number of ether oxygens (including phenoxy) is 1. The van der Waals surface area contributed by atoms with E-state index < -0.39 is 0 Å². The van der Waals surface area contributed by atoms with E-state index in [2.05, 4.69) is 4.90 Å². The van der Waals surface area contributed by atoms with E-state index in [1.54, 1.807) is 0 Å². The SMILES string of the molecule is OC1CSC2CN(C3COC3)CC12. The molecule has 3 rings (SSSR count). The number of aliphatic hydroxyl groups is 1. The Kier molecular flexibility index (Phi) is 2.05. The van der Waals surface area contributed by atoms with Gasteiger partial charge in [0.25, 0.3) is 0 Å². The maximum absolute atomic E-state index is 9.71. The second kappa shape index (κ2) is 3.12. The normalized spacial score (nSPS) is 46.4. The molecule has 74 valence electrons. The lowest BCUT2D eigenvalue weighted by molar-refractivity contribution is -0.0595. The van der Waals surface area contributed by atoms with E-state index >= 15 is 0 Å². The molecule has 3 unspecified atom stereocenters. The van der Waals surface area contributed by atoms with Gasteiger partial charge in [-0.25, -0.2) is 0 Å². The third kappa shape index (κ3) is 1.31. The number of aliphatic hydroxyl groups excluding tert-OH is 1. The molecule has 3 nitrogen and oxygen atoms in total. The van der Waals surface area contributed by atoms with Crippen LogP contribution in [0.4, 0.5) is 0 Å². The van der Waals surface area contributed by atoms with Crippen LogP contribution in [0.5, 0.6) is 0 Å². The molecule has 4 heteroatoms. The number of nitrogens with zero attached hydrogens (tertiary/aromatic N) is 1. The van der Waals surface area contributed by atoms with Gasteiger partial charge in [-0.1, -0.05) is 0 Å². The van der Waals surface area contributed by atoms with Crippen molar-refractivity contribution in [1.82, 2.24) is 4.90 Å². The number of fused-ring (bicyclic) bond motifs is 1. The van der Waals surface area contributed by atoms with Crippen LogP contribution in [0.1, 0.15) is 0 Å². The molecule has 1 N–H and O–H groups in total. The molecule has 0 aliphatic carbocycles. The lowest BCUT2D eigenvalue weighted by Crippen LogP contribution is -2.48. The molecule has 3 atom stereocenters. The van der Waals surface area contributed by atoms with Gasteiger partial charge >= 0.3 is 0 Å². The molecule has 0 saturated carbocycles. The first-order valence-corrected chi connectivity index (χ1v) is 6.01. The summed E-state index contributed by atoms with van der Waals surface area (Å²) in [7, 11) is 0. The molecule has 0 aromatic carbocycles. The third-order valence-electron chi connectivity index (χ3n) is 3.45. The van der Waals surface area contributed by atoms with Gasteiger partial charge in [-0.3, -0.25) is 4.90 Å². The zero-order valence-corrected chi connectivity index (χ0v) is 8.37. The number of thioether (sulfide) groups is 1. The molecule has 0 bridgehead atoms. The van der Waals surface area contributed by atoms with Gasteiger partial charge < -0.3 is 9.84 Å². The van der Waals surface area contributed by atoms with Crippen molar-refractivity contribution < 1.29 is 9.84 Å². The summed E-state index contributed by atoms with van der Waals surface area (Å²) in [4.78, 5) is 2.49. The van der Waals surface area contributed by atoms with Crippen LogP contribution in [0.3, 0.4) is 0 Å². The lowest BCUT2D eigenvalue weighted by Gasteiger charge is -2.35. The van der Waals surface area contributed by atoms with E-state index in [9.17, 15) is 5.11 Å². The average Bonchev–Trinajstić information content (AvgIpc) is 2.51. The van der Waals surface area contributed by atoms with E-state index in [0.717, 1.165) is 25.5 Å². The van der Waals surface area contributed by atoms with Crippen LogP contribution in [0.15, 0.2) is 0 Å². The Labute approximate surface area is 82.4 Å². The summed E-state index contributed by atoms with van der Waals surface area (Å²) in [6.07, 6.45) is -0.0546. The van der Waals surface area contributed by atoms with Crippen LogP contribution >= 0.6 is 11.8 Å². The largest absolute Gasteiger partial charge is 0.392 e. The molecule has 0 amide bonds. The van der Waals surface area contributed by atoms with Gasteiger partial charge in [0.15, 0.2) is 0 Å². The van der Waals surface area contributed by atoms with Gasteiger partial charge in [0.2, 0.25) is 0 Å². The molecule has 3 aliphatic heterocycles. The fourth-order valence-corrected chi connectivity index (χ4v) is 3.96. The Morgan fingerprint density at radius 1 is 1.31 bits per heavy atom. The maximum Gasteiger partial charge on any atom is 0.0682 e. The minimum absolute atomic E-state index is 0.0546. The Morgan fingerprint density at radius 2 is 2.15 bits per heavy atom. The molecule has 3 aliphatic rings. The van der Waals surface area contributed by atoms with Crippen molar-refractivity contribution in [2.75, 3.05) is 32.1 Å². The molecule has 0 radical (unpaired) electrons. The Balaban J connectivity index is 1.65. The van der Waals surface area contributed by atoms with Crippen LogP contribution < -0.4 is 0 Å². The third-order valence-corrected chi connectivity index (χ3v) is 4.91. The van der Waals surface area contributed by atoms with Gasteiger partial charge in [0.05, 0.1) is 25.4 Å². The minimum Gasteiger partial charge on any atom is -0.392 e. The summed E-state index contributed by atoms with van der Waals surface area (Å²) >= 11 is 1.94. The first-order valence-electron chi connectivity index (χ1n) is 4.96. The number of hydrogen-bond acceptors (Lipinski definition) is 4. The van der Waals surface area contributed by atoms with Crippen molar-refractivity contribution in [2.45, 2.75) is 17.4 Å². The zero-order chi connectivity index (χ0) is 8.84. The van der Waals surface area contributed by atoms with Gasteiger partial charge in [0, 0.05) is 30.0 Å². The number of rotatable bonds is 1. The summed E-state index contributed by atoms with van der Waals surface area (Å²) < 4.78 is 5.19. The Bertz CT molecular complexity index is 210. The van der Waals surface area contributed by atoms with Crippen molar-refractivity contribution >= 4 is 11.8 Å². The molecular formula is C9H15NO2S. The summed E-state index contributed by atoms with van der Waals surface area (Å²) in [5.74, 6) is 1.48. The van der Waals surface area contributed by atoms with Crippen molar-refractivity contribution in [3.63, 3.8) is 0 Å². The first-order chi connectivity index (χ1) is 6.34. The molecule has 0 spiro atoms. The standard InChI is InChI=1S/C9H15NO2S/c11-8-5-13-9-2-10(1-7(8)9)6-3-12-4-6/h6-9,11H,1-5H2.